The standard InChI is InChI=1S/C27H31N7O2/c1-18-17-36-24(30-18)15-19-14-20-16-29-27(32-25(20)34(26(19)35)23-4-2-3-5-23)31-21-6-8-22(9-7-21)33-12-10-28-11-13-33/h6-9,14,16-17,23,28H,2-5,10-13,15H2,1H3,(H,29,31,32). The molecule has 0 atom stereocenters. The quantitative estimate of drug-likeness (QED) is 0.423. The van der Waals surface area contributed by atoms with Crippen LogP contribution in [0.4, 0.5) is 17.3 Å². The van der Waals surface area contributed by atoms with E-state index in [2.05, 4.69) is 49.8 Å². The van der Waals surface area contributed by atoms with Crippen LogP contribution < -0.4 is 21.1 Å². The summed E-state index contributed by atoms with van der Waals surface area (Å²) in [6.07, 6.45) is 7.98. The number of oxazole rings is 1. The first kappa shape index (κ1) is 22.7. The lowest BCUT2D eigenvalue weighted by Gasteiger charge is -2.29. The summed E-state index contributed by atoms with van der Waals surface area (Å²) in [6.45, 7) is 5.92. The van der Waals surface area contributed by atoms with Gasteiger partial charge in [-0.3, -0.25) is 9.36 Å². The van der Waals surface area contributed by atoms with Gasteiger partial charge in [0, 0.05) is 60.7 Å². The molecule has 9 nitrogen and oxygen atoms in total. The van der Waals surface area contributed by atoms with Crippen LogP contribution in [0, 0.1) is 6.92 Å². The molecule has 9 heteroatoms. The molecule has 6 rings (SSSR count). The van der Waals surface area contributed by atoms with Gasteiger partial charge in [-0.05, 0) is 50.1 Å². The predicted octanol–water partition coefficient (Wildman–Crippen LogP) is 3.95. The highest BCUT2D eigenvalue weighted by molar-refractivity contribution is 5.77. The molecule has 0 amide bonds. The number of hydrogen-bond donors (Lipinski definition) is 2. The molecular formula is C27H31N7O2. The Morgan fingerprint density at radius 2 is 1.89 bits per heavy atom. The van der Waals surface area contributed by atoms with Crippen LogP contribution >= 0.6 is 0 Å². The molecule has 4 heterocycles. The Kier molecular flexibility index (Phi) is 6.14. The lowest BCUT2D eigenvalue weighted by atomic mass is 10.1. The highest BCUT2D eigenvalue weighted by atomic mass is 16.3. The number of piperazine rings is 1. The van der Waals surface area contributed by atoms with E-state index in [9.17, 15) is 4.79 Å². The van der Waals surface area contributed by atoms with E-state index in [1.165, 1.54) is 5.69 Å². The van der Waals surface area contributed by atoms with Crippen molar-refractivity contribution in [3.05, 3.63) is 70.3 Å². The normalized spacial score (nSPS) is 16.6. The molecule has 2 N–H and O–H groups in total. The molecule has 186 valence electrons. The summed E-state index contributed by atoms with van der Waals surface area (Å²) in [5.41, 5.74) is 4.25. The zero-order chi connectivity index (χ0) is 24.5. The molecule has 36 heavy (non-hydrogen) atoms. The number of aromatic nitrogens is 4. The second-order valence-corrected chi connectivity index (χ2v) is 9.72. The van der Waals surface area contributed by atoms with Crippen molar-refractivity contribution in [1.82, 2.24) is 24.8 Å². The van der Waals surface area contributed by atoms with Gasteiger partial charge >= 0.3 is 0 Å². The van der Waals surface area contributed by atoms with Gasteiger partial charge in [0.05, 0.1) is 12.1 Å². The Bertz CT molecular complexity index is 1410. The second kappa shape index (κ2) is 9.73. The van der Waals surface area contributed by atoms with Gasteiger partial charge in [0.25, 0.3) is 5.56 Å². The van der Waals surface area contributed by atoms with Crippen LogP contribution in [-0.4, -0.2) is 45.7 Å². The molecule has 1 saturated heterocycles. The molecule has 2 fully saturated rings. The number of anilines is 3. The maximum absolute atomic E-state index is 13.6. The van der Waals surface area contributed by atoms with Gasteiger partial charge in [-0.1, -0.05) is 12.8 Å². The summed E-state index contributed by atoms with van der Waals surface area (Å²) in [5.74, 6) is 1.03. The van der Waals surface area contributed by atoms with Crippen molar-refractivity contribution < 1.29 is 4.42 Å². The SMILES string of the molecule is Cc1coc(Cc2cc3cnc(Nc4ccc(N5CCNCC5)cc4)nc3n(C3CCCC3)c2=O)n1. The van der Waals surface area contributed by atoms with Crippen molar-refractivity contribution in [2.75, 3.05) is 36.4 Å². The fourth-order valence-electron chi connectivity index (χ4n) is 5.32. The van der Waals surface area contributed by atoms with Crippen molar-refractivity contribution in [1.29, 1.82) is 0 Å². The number of benzene rings is 1. The van der Waals surface area contributed by atoms with Gasteiger partial charge in [0.1, 0.15) is 11.9 Å². The average Bonchev–Trinajstić information content (AvgIpc) is 3.58. The summed E-state index contributed by atoms with van der Waals surface area (Å²) in [5, 5.41) is 7.56. The Morgan fingerprint density at radius 3 is 2.61 bits per heavy atom. The Morgan fingerprint density at radius 1 is 1.11 bits per heavy atom. The van der Waals surface area contributed by atoms with Crippen molar-refractivity contribution in [2.45, 2.75) is 45.1 Å². The van der Waals surface area contributed by atoms with E-state index in [0.29, 0.717) is 29.5 Å². The van der Waals surface area contributed by atoms with Gasteiger partial charge in [-0.2, -0.15) is 4.98 Å². The monoisotopic (exact) mass is 485 g/mol. The molecular weight excluding hydrogens is 454 g/mol. The fourth-order valence-corrected chi connectivity index (χ4v) is 5.32. The van der Waals surface area contributed by atoms with Crippen LogP contribution in [0.25, 0.3) is 11.0 Å². The number of rotatable bonds is 6. The average molecular weight is 486 g/mol. The minimum Gasteiger partial charge on any atom is -0.448 e. The number of nitrogens with zero attached hydrogens (tertiary/aromatic N) is 5. The van der Waals surface area contributed by atoms with Crippen LogP contribution in [-0.2, 0) is 6.42 Å². The molecule has 4 aromatic rings. The maximum Gasteiger partial charge on any atom is 0.256 e. The third-order valence-electron chi connectivity index (χ3n) is 7.15. The van der Waals surface area contributed by atoms with E-state index in [1.54, 1.807) is 12.5 Å². The van der Waals surface area contributed by atoms with Gasteiger partial charge in [0.2, 0.25) is 5.95 Å². The van der Waals surface area contributed by atoms with Crippen LogP contribution in [0.2, 0.25) is 0 Å². The Hall–Kier alpha value is -3.72. The van der Waals surface area contributed by atoms with E-state index >= 15 is 0 Å². The van der Waals surface area contributed by atoms with Crippen molar-refractivity contribution in [3.8, 4) is 0 Å². The van der Waals surface area contributed by atoms with Crippen LogP contribution in [0.5, 0.6) is 0 Å². The number of nitrogens with one attached hydrogen (secondary N) is 2. The van der Waals surface area contributed by atoms with Gasteiger partial charge in [-0.15, -0.1) is 0 Å². The third-order valence-corrected chi connectivity index (χ3v) is 7.15. The summed E-state index contributed by atoms with van der Waals surface area (Å²) >= 11 is 0. The highest BCUT2D eigenvalue weighted by Gasteiger charge is 2.23. The summed E-state index contributed by atoms with van der Waals surface area (Å²) in [4.78, 5) is 29.8. The molecule has 1 aliphatic heterocycles. The van der Waals surface area contributed by atoms with Crippen LogP contribution in [0.15, 0.2) is 52.0 Å². The molecule has 0 spiro atoms. The topological polar surface area (TPSA) is 101 Å². The van der Waals surface area contributed by atoms with Crippen molar-refractivity contribution in [2.24, 2.45) is 0 Å². The van der Waals surface area contributed by atoms with Crippen molar-refractivity contribution >= 4 is 28.4 Å². The zero-order valence-electron chi connectivity index (χ0n) is 20.5. The molecule has 0 bridgehead atoms. The van der Waals surface area contributed by atoms with Crippen molar-refractivity contribution in [3.63, 3.8) is 0 Å². The molecule has 2 aliphatic rings. The maximum atomic E-state index is 13.6. The number of aryl methyl sites for hydroxylation is 1. The number of hydrogen-bond acceptors (Lipinski definition) is 8. The molecule has 0 radical (unpaired) electrons. The second-order valence-electron chi connectivity index (χ2n) is 9.72. The lowest BCUT2D eigenvalue weighted by molar-refractivity contribution is 0.496. The van der Waals surface area contributed by atoms with E-state index < -0.39 is 0 Å². The summed E-state index contributed by atoms with van der Waals surface area (Å²) in [6, 6.07) is 10.4. The minimum atomic E-state index is -0.0183. The largest absolute Gasteiger partial charge is 0.448 e. The van der Waals surface area contributed by atoms with Gasteiger partial charge < -0.3 is 20.0 Å². The van der Waals surface area contributed by atoms with E-state index in [1.807, 2.05) is 17.6 Å². The van der Waals surface area contributed by atoms with E-state index in [4.69, 9.17) is 9.40 Å². The van der Waals surface area contributed by atoms with Crippen LogP contribution in [0.1, 0.15) is 48.9 Å². The first-order valence-electron chi connectivity index (χ1n) is 12.8. The molecule has 3 aromatic heterocycles. The summed E-state index contributed by atoms with van der Waals surface area (Å²) < 4.78 is 7.41. The fraction of sp³-hybridized carbons (Fsp3) is 0.407. The molecule has 1 aromatic carbocycles. The smallest absolute Gasteiger partial charge is 0.256 e. The predicted molar refractivity (Wildman–Crippen MR) is 140 cm³/mol. The summed E-state index contributed by atoms with van der Waals surface area (Å²) in [7, 11) is 0. The number of pyridine rings is 1. The van der Waals surface area contributed by atoms with E-state index in [0.717, 1.165) is 68.6 Å². The molecule has 1 aliphatic carbocycles. The van der Waals surface area contributed by atoms with E-state index in [-0.39, 0.29) is 11.6 Å². The lowest BCUT2D eigenvalue weighted by Crippen LogP contribution is -2.43. The number of fused-ring (bicyclic) bond motifs is 1. The minimum absolute atomic E-state index is 0.0183. The first-order valence-corrected chi connectivity index (χ1v) is 12.8. The van der Waals surface area contributed by atoms with Gasteiger partial charge in [0.15, 0.2) is 5.89 Å². The van der Waals surface area contributed by atoms with Crippen LogP contribution in [0.3, 0.4) is 0 Å². The van der Waals surface area contributed by atoms with Gasteiger partial charge in [-0.25, -0.2) is 9.97 Å². The molecule has 1 saturated carbocycles. The third kappa shape index (κ3) is 4.58. The zero-order valence-corrected chi connectivity index (χ0v) is 20.5. The highest BCUT2D eigenvalue weighted by Crippen LogP contribution is 2.31. The Balaban J connectivity index is 1.32. The molecule has 0 unspecified atom stereocenters. The first-order chi connectivity index (χ1) is 17.6. The Labute approximate surface area is 209 Å².